The van der Waals surface area contributed by atoms with Crippen LogP contribution in [0.15, 0.2) is 48.5 Å². The van der Waals surface area contributed by atoms with Crippen LogP contribution in [0.3, 0.4) is 0 Å². The molecule has 0 fully saturated rings. The summed E-state index contributed by atoms with van der Waals surface area (Å²) in [5.41, 5.74) is 1.66. The zero-order valence-corrected chi connectivity index (χ0v) is 13.0. The number of benzene rings is 2. The molecule has 0 radical (unpaired) electrons. The van der Waals surface area contributed by atoms with Crippen molar-refractivity contribution in [2.45, 2.75) is 13.5 Å². The first-order valence-corrected chi connectivity index (χ1v) is 6.98. The third-order valence-electron chi connectivity index (χ3n) is 3.26. The second-order valence-electron chi connectivity index (χ2n) is 4.66. The Labute approximate surface area is 130 Å². The number of aliphatic hydroxyl groups is 1. The number of hydrogen-bond donors (Lipinski definition) is 1. The smallest absolute Gasteiger partial charge is 0.203 e. The SMILES string of the molecule is CC=C(O)c1cc(OC)c(OCc2ccccc2)c(OC)c1. The zero-order chi connectivity index (χ0) is 15.9. The van der Waals surface area contributed by atoms with Gasteiger partial charge in [0.1, 0.15) is 12.4 Å². The van der Waals surface area contributed by atoms with Crippen LogP contribution in [0, 0.1) is 0 Å². The molecule has 0 aliphatic rings. The molecule has 0 spiro atoms. The Kier molecular flexibility index (Phi) is 5.31. The lowest BCUT2D eigenvalue weighted by molar-refractivity contribution is 0.265. The lowest BCUT2D eigenvalue weighted by atomic mass is 10.1. The fraction of sp³-hybridized carbons (Fsp3) is 0.222. The monoisotopic (exact) mass is 300 g/mol. The average Bonchev–Trinajstić information content (AvgIpc) is 2.59. The Morgan fingerprint density at radius 2 is 1.64 bits per heavy atom. The molecule has 0 atom stereocenters. The molecule has 0 aromatic heterocycles. The fourth-order valence-electron chi connectivity index (χ4n) is 2.07. The maximum absolute atomic E-state index is 9.88. The van der Waals surface area contributed by atoms with Crippen molar-refractivity contribution >= 4 is 5.76 Å². The molecular weight excluding hydrogens is 280 g/mol. The van der Waals surface area contributed by atoms with E-state index >= 15 is 0 Å². The first-order valence-electron chi connectivity index (χ1n) is 6.98. The summed E-state index contributed by atoms with van der Waals surface area (Å²) in [4.78, 5) is 0. The maximum Gasteiger partial charge on any atom is 0.203 e. The van der Waals surface area contributed by atoms with Crippen LogP contribution >= 0.6 is 0 Å². The molecular formula is C18H20O4. The molecule has 0 saturated heterocycles. The van der Waals surface area contributed by atoms with Crippen molar-refractivity contribution in [1.82, 2.24) is 0 Å². The summed E-state index contributed by atoms with van der Waals surface area (Å²) in [6, 6.07) is 13.3. The standard InChI is InChI=1S/C18H20O4/c1-4-15(19)14-10-16(20-2)18(17(11-14)21-3)22-12-13-8-6-5-7-9-13/h4-11,19H,12H2,1-3H3. The van der Waals surface area contributed by atoms with Gasteiger partial charge in [-0.25, -0.2) is 0 Å². The van der Waals surface area contributed by atoms with Gasteiger partial charge in [0.15, 0.2) is 11.5 Å². The molecule has 4 nitrogen and oxygen atoms in total. The van der Waals surface area contributed by atoms with Gasteiger partial charge >= 0.3 is 0 Å². The van der Waals surface area contributed by atoms with E-state index in [4.69, 9.17) is 14.2 Å². The van der Waals surface area contributed by atoms with Crippen LogP contribution < -0.4 is 14.2 Å². The van der Waals surface area contributed by atoms with Crippen LogP contribution in [0.2, 0.25) is 0 Å². The minimum atomic E-state index is 0.159. The van der Waals surface area contributed by atoms with E-state index in [1.54, 1.807) is 39.4 Å². The van der Waals surface area contributed by atoms with Gasteiger partial charge < -0.3 is 19.3 Å². The fourth-order valence-corrected chi connectivity index (χ4v) is 2.07. The van der Waals surface area contributed by atoms with E-state index in [-0.39, 0.29) is 5.76 Å². The normalized spacial score (nSPS) is 11.1. The Morgan fingerprint density at radius 1 is 1.05 bits per heavy atom. The van der Waals surface area contributed by atoms with Crippen molar-refractivity contribution in [2.24, 2.45) is 0 Å². The minimum Gasteiger partial charge on any atom is -0.508 e. The van der Waals surface area contributed by atoms with Crippen molar-refractivity contribution in [3.8, 4) is 17.2 Å². The lowest BCUT2D eigenvalue weighted by Crippen LogP contribution is -2.01. The van der Waals surface area contributed by atoms with E-state index in [0.717, 1.165) is 5.56 Å². The molecule has 0 saturated carbocycles. The van der Waals surface area contributed by atoms with Crippen LogP contribution in [0.4, 0.5) is 0 Å². The molecule has 2 aromatic rings. The number of methoxy groups -OCH3 is 2. The predicted octanol–water partition coefficient (Wildman–Crippen LogP) is 4.20. The molecule has 0 unspecified atom stereocenters. The van der Waals surface area contributed by atoms with E-state index in [2.05, 4.69) is 0 Å². The highest BCUT2D eigenvalue weighted by atomic mass is 16.5. The number of hydrogen-bond acceptors (Lipinski definition) is 4. The third-order valence-corrected chi connectivity index (χ3v) is 3.26. The molecule has 116 valence electrons. The second-order valence-corrected chi connectivity index (χ2v) is 4.66. The van der Waals surface area contributed by atoms with Gasteiger partial charge in [-0.15, -0.1) is 0 Å². The highest BCUT2D eigenvalue weighted by molar-refractivity contribution is 5.66. The predicted molar refractivity (Wildman–Crippen MR) is 86.6 cm³/mol. The molecule has 0 bridgehead atoms. The Morgan fingerprint density at radius 3 is 2.14 bits per heavy atom. The van der Waals surface area contributed by atoms with Gasteiger partial charge in [-0.05, 0) is 30.7 Å². The summed E-state index contributed by atoms with van der Waals surface area (Å²) in [5, 5.41) is 9.88. The van der Waals surface area contributed by atoms with E-state index in [1.807, 2.05) is 30.3 Å². The van der Waals surface area contributed by atoms with Crippen LogP contribution in [0.25, 0.3) is 5.76 Å². The van der Waals surface area contributed by atoms with Crippen molar-refractivity contribution in [2.75, 3.05) is 14.2 Å². The second kappa shape index (κ2) is 7.41. The van der Waals surface area contributed by atoms with Gasteiger partial charge in [0.05, 0.1) is 14.2 Å². The van der Waals surface area contributed by atoms with Gasteiger partial charge in [-0.3, -0.25) is 0 Å². The molecule has 2 rings (SSSR count). The van der Waals surface area contributed by atoms with Gasteiger partial charge in [0.2, 0.25) is 5.75 Å². The van der Waals surface area contributed by atoms with Crippen molar-refractivity contribution < 1.29 is 19.3 Å². The number of rotatable bonds is 6. The van der Waals surface area contributed by atoms with E-state index in [9.17, 15) is 5.11 Å². The van der Waals surface area contributed by atoms with Crippen LogP contribution in [0.5, 0.6) is 17.2 Å². The molecule has 0 aliphatic heterocycles. The Bertz CT molecular complexity index is 622. The summed E-state index contributed by atoms with van der Waals surface area (Å²) in [7, 11) is 3.11. The van der Waals surface area contributed by atoms with E-state index in [1.165, 1.54) is 0 Å². The number of aliphatic hydroxyl groups excluding tert-OH is 1. The summed E-state index contributed by atoms with van der Waals surface area (Å²) in [6.07, 6.45) is 1.61. The molecule has 0 heterocycles. The van der Waals surface area contributed by atoms with E-state index < -0.39 is 0 Å². The van der Waals surface area contributed by atoms with Crippen molar-refractivity contribution in [3.63, 3.8) is 0 Å². The highest BCUT2D eigenvalue weighted by Gasteiger charge is 2.15. The van der Waals surface area contributed by atoms with Crippen LogP contribution in [-0.4, -0.2) is 19.3 Å². The summed E-state index contributed by atoms with van der Waals surface area (Å²) in [6.45, 7) is 2.16. The number of ether oxygens (including phenoxy) is 3. The number of allylic oxidation sites excluding steroid dienone is 1. The molecule has 2 aromatic carbocycles. The van der Waals surface area contributed by atoms with E-state index in [0.29, 0.717) is 29.4 Å². The van der Waals surface area contributed by atoms with Gasteiger partial charge in [0.25, 0.3) is 0 Å². The lowest BCUT2D eigenvalue weighted by Gasteiger charge is -2.16. The summed E-state index contributed by atoms with van der Waals surface area (Å²) < 4.78 is 16.6. The van der Waals surface area contributed by atoms with Crippen LogP contribution in [-0.2, 0) is 6.61 Å². The summed E-state index contributed by atoms with van der Waals surface area (Å²) >= 11 is 0. The molecule has 4 heteroatoms. The van der Waals surface area contributed by atoms with Crippen LogP contribution in [0.1, 0.15) is 18.1 Å². The molecule has 1 N–H and O–H groups in total. The highest BCUT2D eigenvalue weighted by Crippen LogP contribution is 2.40. The minimum absolute atomic E-state index is 0.159. The Balaban J connectivity index is 2.33. The van der Waals surface area contributed by atoms with Gasteiger partial charge in [0, 0.05) is 5.56 Å². The summed E-state index contributed by atoms with van der Waals surface area (Å²) in [5.74, 6) is 1.70. The zero-order valence-electron chi connectivity index (χ0n) is 13.0. The van der Waals surface area contributed by atoms with Gasteiger partial charge in [-0.1, -0.05) is 30.3 Å². The average molecular weight is 300 g/mol. The molecule has 0 aliphatic carbocycles. The quantitative estimate of drug-likeness (QED) is 0.812. The first kappa shape index (κ1) is 15.8. The van der Waals surface area contributed by atoms with Crippen molar-refractivity contribution in [1.29, 1.82) is 0 Å². The largest absolute Gasteiger partial charge is 0.508 e. The topological polar surface area (TPSA) is 47.9 Å². The van der Waals surface area contributed by atoms with Crippen molar-refractivity contribution in [3.05, 3.63) is 59.7 Å². The maximum atomic E-state index is 9.88. The first-order chi connectivity index (χ1) is 10.7. The van der Waals surface area contributed by atoms with Gasteiger partial charge in [-0.2, -0.15) is 0 Å². The Hall–Kier alpha value is -2.62. The third kappa shape index (κ3) is 3.52. The molecule has 22 heavy (non-hydrogen) atoms. The molecule has 0 amide bonds.